The molecule has 0 aliphatic rings. The van der Waals surface area contributed by atoms with Crippen molar-refractivity contribution in [2.24, 2.45) is 0 Å². The second-order valence-electron chi connectivity index (χ2n) is 8.02. The Bertz CT molecular complexity index is 670. The van der Waals surface area contributed by atoms with Gasteiger partial charge in [-0.2, -0.15) is 13.8 Å². The average molecular weight is 935 g/mol. The molecule has 2 aromatic rings. The zero-order chi connectivity index (χ0) is 28.0. The predicted molar refractivity (Wildman–Crippen MR) is 171 cm³/mol. The molecule has 0 saturated carbocycles. The number of nitrogens with zero attached hydrogens (tertiary/aromatic N) is 4. The molecule has 0 aromatic carbocycles. The molecule has 2 heterocycles. The van der Waals surface area contributed by atoms with Gasteiger partial charge in [-0.3, -0.25) is 23.5 Å². The van der Waals surface area contributed by atoms with Crippen LogP contribution in [0.2, 0.25) is 0 Å². The van der Waals surface area contributed by atoms with Gasteiger partial charge in [-0.25, -0.2) is 0 Å². The summed E-state index contributed by atoms with van der Waals surface area (Å²) in [5, 5.41) is 8.97. The van der Waals surface area contributed by atoms with Gasteiger partial charge in [0.15, 0.2) is 0 Å². The van der Waals surface area contributed by atoms with Crippen LogP contribution in [-0.2, 0) is 62.3 Å². The van der Waals surface area contributed by atoms with Gasteiger partial charge in [0.25, 0.3) is 0 Å². The van der Waals surface area contributed by atoms with E-state index in [1.807, 2.05) is 69.1 Å². The van der Waals surface area contributed by atoms with Crippen molar-refractivity contribution in [2.75, 3.05) is 25.4 Å². The summed E-state index contributed by atoms with van der Waals surface area (Å²) in [6.45, 7) is 23.4. The summed E-state index contributed by atoms with van der Waals surface area (Å²) >= 11 is 0. The molecule has 0 radical (unpaired) electrons. The fourth-order valence-corrected chi connectivity index (χ4v) is 6.55. The number of carbonyl (C=O) groups excluding carboxylic acids is 2. The van der Waals surface area contributed by atoms with Crippen LogP contribution in [0.5, 0.6) is 0 Å². The van der Waals surface area contributed by atoms with E-state index in [4.69, 9.17) is 9.59 Å². The van der Waals surface area contributed by atoms with Gasteiger partial charge < -0.3 is 26.6 Å². The third-order valence-corrected chi connectivity index (χ3v) is 9.60. The number of rotatable bonds is 12. The Labute approximate surface area is 265 Å². The van der Waals surface area contributed by atoms with Crippen molar-refractivity contribution in [1.82, 2.24) is 9.97 Å². The summed E-state index contributed by atoms with van der Waals surface area (Å²) in [7, 11) is 3.41. The molecule has 0 aliphatic heterocycles. The third kappa shape index (κ3) is 32.3. The molecule has 38 heavy (non-hydrogen) atoms. The van der Waals surface area contributed by atoms with Gasteiger partial charge in [-0.15, -0.1) is 43.4 Å². The van der Waals surface area contributed by atoms with Crippen LogP contribution in [0.1, 0.15) is 52.9 Å². The molecule has 0 N–H and O–H groups in total. The second-order valence-corrected chi connectivity index (χ2v) is 14.1. The molecular weight excluding hydrogens is 886 g/mol. The van der Waals surface area contributed by atoms with Crippen LogP contribution in [0.15, 0.2) is 48.8 Å². The standard InChI is InChI=1S/C14H24N2P.C8H13N2P2.C3H7.2CHO.2Os.2H/c1-12(2)17(13(3)4)10-9-15-11-14-7-5-6-8-16-14;11-12-6-5-9-7-8-3-1-2-4-10-8;1-3-2;2*1-2;;;;/h5-8,12-13H,9-11H2,1-4H3;1-4,12H,5-7,11H2;3H,1-2H3;2*1H;;;;/q5*-1;;;;/p+1. The maximum absolute atomic E-state index is 7.75. The van der Waals surface area contributed by atoms with Crippen LogP contribution in [-0.4, -0.2) is 60.3 Å². The van der Waals surface area contributed by atoms with E-state index in [-0.39, 0.29) is 47.5 Å². The Morgan fingerprint density at radius 2 is 1.24 bits per heavy atom. The van der Waals surface area contributed by atoms with Crippen LogP contribution < -0.4 is 0 Å². The summed E-state index contributed by atoms with van der Waals surface area (Å²) in [6, 6.07) is 11.9. The van der Waals surface area contributed by atoms with E-state index in [0.29, 0.717) is 0 Å². The summed E-state index contributed by atoms with van der Waals surface area (Å²) < 4.78 is 0. The van der Waals surface area contributed by atoms with E-state index in [1.165, 1.54) is 12.3 Å². The minimum absolute atomic E-state index is 0. The van der Waals surface area contributed by atoms with Gasteiger partial charge in [-0.05, 0) is 52.0 Å². The van der Waals surface area contributed by atoms with E-state index >= 15 is 0 Å². The van der Waals surface area contributed by atoms with E-state index in [2.05, 4.69) is 70.8 Å². The molecule has 0 spiro atoms. The Kier molecular flexibility index (Phi) is 49.5. The first kappa shape index (κ1) is 47.9. The Balaban J connectivity index is -0.000000152. The van der Waals surface area contributed by atoms with Crippen molar-refractivity contribution in [3.63, 3.8) is 0 Å². The number of pyridine rings is 2. The summed E-state index contributed by atoms with van der Waals surface area (Å²) in [6.07, 6.45) is 8.12. The van der Waals surface area contributed by atoms with Crippen molar-refractivity contribution in [2.45, 2.75) is 65.9 Å². The van der Waals surface area contributed by atoms with Crippen LogP contribution in [0.25, 0.3) is 10.6 Å². The summed E-state index contributed by atoms with van der Waals surface area (Å²) in [4.78, 5) is 24.0. The van der Waals surface area contributed by atoms with Crippen LogP contribution in [0.4, 0.5) is 0 Å². The number of aromatic nitrogens is 2. The first-order valence-electron chi connectivity index (χ1n) is 12.0. The number of hydrogen-bond donors (Lipinski definition) is 0. The third-order valence-electron chi connectivity index (χ3n) is 4.46. The van der Waals surface area contributed by atoms with Crippen LogP contribution in [0, 0.1) is 6.42 Å². The molecule has 0 fully saturated rings. The van der Waals surface area contributed by atoms with E-state index in [0.717, 1.165) is 57.2 Å². The van der Waals surface area contributed by atoms with E-state index in [1.54, 1.807) is 0 Å². The molecule has 0 saturated heterocycles. The van der Waals surface area contributed by atoms with Crippen LogP contribution >= 0.6 is 25.1 Å². The van der Waals surface area contributed by atoms with Gasteiger partial charge in [-0.1, -0.05) is 18.3 Å². The molecule has 0 aliphatic carbocycles. The van der Waals surface area contributed by atoms with Crippen molar-refractivity contribution >= 4 is 38.7 Å². The normalized spacial score (nSPS) is 9.42. The van der Waals surface area contributed by atoms with E-state index in [9.17, 15) is 0 Å². The fraction of sp³-hybridized carbons (Fsp3) is 0.519. The van der Waals surface area contributed by atoms with E-state index < -0.39 is 0 Å². The molecule has 224 valence electrons. The zero-order valence-electron chi connectivity index (χ0n) is 23.7. The molecule has 0 amide bonds. The quantitative estimate of drug-likeness (QED) is 0.105. The van der Waals surface area contributed by atoms with Gasteiger partial charge in [0.05, 0.1) is 11.3 Å². The topological polar surface area (TPSA) is 88.1 Å². The molecular formula is C27H49N4O2Os2P3-4. The molecule has 6 nitrogen and oxygen atoms in total. The summed E-state index contributed by atoms with van der Waals surface area (Å²) in [5.41, 5.74) is 3.84. The second kappa shape index (κ2) is 39.3. The van der Waals surface area contributed by atoms with Crippen molar-refractivity contribution in [3.8, 4) is 0 Å². The first-order chi connectivity index (χ1) is 17.5. The SMILES string of the molecule is CC(C)[PH+](CC[N-]Cc1ccccn1)C(C)C.C[CH-]C.PPCC[N-]Cc1ccccn1.[CH-]=O.[CH-]=O.[OsH].[OsH]. The monoisotopic (exact) mass is 938 g/mol. The van der Waals surface area contributed by atoms with Gasteiger partial charge in [0, 0.05) is 37.9 Å². The van der Waals surface area contributed by atoms with Gasteiger partial charge >= 0.3 is 39.6 Å². The molecule has 11 heteroatoms. The summed E-state index contributed by atoms with van der Waals surface area (Å²) in [5.74, 6) is 0. The van der Waals surface area contributed by atoms with Crippen molar-refractivity contribution < 1.29 is 49.2 Å². The van der Waals surface area contributed by atoms with Gasteiger partial charge in [0.1, 0.15) is 0 Å². The average Bonchev–Trinajstić information content (AvgIpc) is 2.90. The molecule has 2 rings (SSSR count). The molecule has 0 bridgehead atoms. The minimum atomic E-state index is -0.247. The van der Waals surface area contributed by atoms with Gasteiger partial charge in [0.2, 0.25) is 0 Å². The van der Waals surface area contributed by atoms with Crippen molar-refractivity contribution in [3.05, 3.63) is 77.2 Å². The molecule has 2 aromatic heterocycles. The Morgan fingerprint density at radius 1 is 0.842 bits per heavy atom. The fourth-order valence-electron chi connectivity index (χ4n) is 2.97. The van der Waals surface area contributed by atoms with Crippen LogP contribution in [0.3, 0.4) is 0 Å². The maximum atomic E-state index is 7.75. The zero-order valence-corrected chi connectivity index (χ0v) is 32.3. The first-order valence-corrected chi connectivity index (χ1v) is 16.9. The number of hydrogen-bond acceptors (Lipinski definition) is 4. The Hall–Kier alpha value is 0.123. The molecule has 2 atom stereocenters. The van der Waals surface area contributed by atoms with Crippen molar-refractivity contribution in [1.29, 1.82) is 0 Å². The molecule has 2 unspecified atom stereocenters. The predicted octanol–water partition coefficient (Wildman–Crippen LogP) is 6.55. The Morgan fingerprint density at radius 3 is 1.55 bits per heavy atom.